The monoisotopic (exact) mass is 276 g/mol. The Bertz CT molecular complexity index is 275. The maximum Gasteiger partial charge on any atom is 0.109 e. The van der Waals surface area contributed by atoms with Gasteiger partial charge in [-0.25, -0.2) is 0 Å². The minimum Gasteiger partial charge on any atom is -0.395 e. The van der Waals surface area contributed by atoms with Gasteiger partial charge in [0.1, 0.15) is 12.2 Å². The predicted octanol–water partition coefficient (Wildman–Crippen LogP) is -2.92. The van der Waals surface area contributed by atoms with Crippen LogP contribution in [0.2, 0.25) is 0 Å². The summed E-state index contributed by atoms with van der Waals surface area (Å²) in [6, 6.07) is -0.514. The topological polar surface area (TPSA) is 96.6 Å². The molecule has 0 aromatic carbocycles. The Balaban J connectivity index is 1.86. The van der Waals surface area contributed by atoms with E-state index < -0.39 is 24.4 Å². The number of piperidine rings is 1. The molecule has 0 spiro atoms. The van der Waals surface area contributed by atoms with Crippen molar-refractivity contribution in [3.05, 3.63) is 0 Å². The largest absolute Gasteiger partial charge is 0.395 e. The van der Waals surface area contributed by atoms with Crippen LogP contribution in [0.25, 0.3) is 0 Å². The van der Waals surface area contributed by atoms with Gasteiger partial charge in [0.25, 0.3) is 0 Å². The van der Waals surface area contributed by atoms with Crippen LogP contribution in [0.1, 0.15) is 0 Å². The molecular formula is C12H24N2O5. The van der Waals surface area contributed by atoms with Crippen LogP contribution in [0, 0.1) is 0 Å². The van der Waals surface area contributed by atoms with Gasteiger partial charge >= 0.3 is 0 Å². The Morgan fingerprint density at radius 2 is 1.68 bits per heavy atom. The van der Waals surface area contributed by atoms with Crippen molar-refractivity contribution in [1.29, 1.82) is 0 Å². The fourth-order valence-corrected chi connectivity index (χ4v) is 2.73. The van der Waals surface area contributed by atoms with Gasteiger partial charge in [-0.1, -0.05) is 0 Å². The van der Waals surface area contributed by atoms with Gasteiger partial charge in [-0.15, -0.1) is 0 Å². The maximum absolute atomic E-state index is 9.87. The molecule has 2 saturated heterocycles. The highest BCUT2D eigenvalue weighted by molar-refractivity contribution is 4.94. The summed E-state index contributed by atoms with van der Waals surface area (Å²) in [5, 5.41) is 38.5. The number of hydrogen-bond donors (Lipinski definition) is 4. The number of aliphatic hydroxyl groups is 4. The van der Waals surface area contributed by atoms with Crippen LogP contribution in [-0.4, -0.2) is 107 Å². The number of aliphatic hydroxyl groups excluding tert-OH is 4. The average Bonchev–Trinajstić information content (AvgIpc) is 2.44. The zero-order valence-electron chi connectivity index (χ0n) is 11.1. The van der Waals surface area contributed by atoms with Crippen molar-refractivity contribution in [2.45, 2.75) is 24.4 Å². The third-order valence-corrected chi connectivity index (χ3v) is 4.02. The number of ether oxygens (including phenoxy) is 1. The first-order valence-electron chi connectivity index (χ1n) is 6.82. The molecule has 4 unspecified atom stereocenters. The number of nitrogens with zero attached hydrogens (tertiary/aromatic N) is 2. The first-order chi connectivity index (χ1) is 9.13. The number of β-amino-alcohol motifs (C(OH)–C–C–N with tert-alkyl or cyclic N) is 1. The van der Waals surface area contributed by atoms with Crippen LogP contribution in [-0.2, 0) is 4.74 Å². The summed E-state index contributed by atoms with van der Waals surface area (Å²) in [6.07, 6.45) is -3.27. The molecule has 2 rings (SSSR count). The first-order valence-corrected chi connectivity index (χ1v) is 6.82. The molecular weight excluding hydrogens is 252 g/mol. The molecule has 2 heterocycles. The second-order valence-electron chi connectivity index (χ2n) is 5.25. The highest BCUT2D eigenvalue weighted by Gasteiger charge is 2.40. The van der Waals surface area contributed by atoms with Crippen LogP contribution in [0.5, 0.6) is 0 Å². The van der Waals surface area contributed by atoms with E-state index in [9.17, 15) is 20.4 Å². The second-order valence-corrected chi connectivity index (χ2v) is 5.25. The molecule has 0 radical (unpaired) electrons. The van der Waals surface area contributed by atoms with Gasteiger partial charge in [-0.2, -0.15) is 0 Å². The number of hydrogen-bond acceptors (Lipinski definition) is 7. The molecule has 112 valence electrons. The van der Waals surface area contributed by atoms with Gasteiger partial charge in [0, 0.05) is 32.7 Å². The van der Waals surface area contributed by atoms with Crippen molar-refractivity contribution < 1.29 is 25.2 Å². The van der Waals surface area contributed by atoms with E-state index in [1.54, 1.807) is 0 Å². The molecule has 2 aliphatic heterocycles. The summed E-state index contributed by atoms with van der Waals surface area (Å²) in [5.41, 5.74) is 0. The summed E-state index contributed by atoms with van der Waals surface area (Å²) in [4.78, 5) is 4.10. The van der Waals surface area contributed by atoms with Gasteiger partial charge in [-0.05, 0) is 0 Å². The highest BCUT2D eigenvalue weighted by Crippen LogP contribution is 2.18. The molecule has 0 aromatic heterocycles. The van der Waals surface area contributed by atoms with Gasteiger partial charge in [0.05, 0.1) is 32.0 Å². The zero-order valence-corrected chi connectivity index (χ0v) is 11.1. The molecule has 0 saturated carbocycles. The number of morpholine rings is 1. The Morgan fingerprint density at radius 3 is 2.32 bits per heavy atom. The third-order valence-electron chi connectivity index (χ3n) is 4.02. The fraction of sp³-hybridized carbons (Fsp3) is 1.00. The van der Waals surface area contributed by atoms with E-state index >= 15 is 0 Å². The lowest BCUT2D eigenvalue weighted by atomic mass is 9.94. The zero-order chi connectivity index (χ0) is 13.8. The lowest BCUT2D eigenvalue weighted by molar-refractivity contribution is -0.146. The molecule has 0 aromatic rings. The summed E-state index contributed by atoms with van der Waals surface area (Å²) >= 11 is 0. The molecule has 7 nitrogen and oxygen atoms in total. The van der Waals surface area contributed by atoms with Crippen molar-refractivity contribution in [2.24, 2.45) is 0 Å². The Hall–Kier alpha value is -0.280. The quantitative estimate of drug-likeness (QED) is 0.437. The fourth-order valence-electron chi connectivity index (χ4n) is 2.73. The van der Waals surface area contributed by atoms with E-state index in [2.05, 4.69) is 4.90 Å². The summed E-state index contributed by atoms with van der Waals surface area (Å²) in [5.74, 6) is 0. The molecule has 2 aliphatic rings. The highest BCUT2D eigenvalue weighted by atomic mass is 16.5. The predicted molar refractivity (Wildman–Crippen MR) is 67.7 cm³/mol. The van der Waals surface area contributed by atoms with Crippen molar-refractivity contribution in [3.8, 4) is 0 Å². The van der Waals surface area contributed by atoms with Crippen molar-refractivity contribution in [2.75, 3.05) is 52.5 Å². The number of likely N-dealkylation sites (tertiary alicyclic amines) is 1. The second kappa shape index (κ2) is 6.94. The third kappa shape index (κ3) is 3.63. The lowest BCUT2D eigenvalue weighted by Crippen LogP contribution is -2.63. The Morgan fingerprint density at radius 1 is 1.00 bits per heavy atom. The SMILES string of the molecule is OCC1C(O)C(O)C(O)CN1CCN1CCOCC1. The van der Waals surface area contributed by atoms with Crippen molar-refractivity contribution >= 4 is 0 Å². The molecule has 0 aliphatic carbocycles. The van der Waals surface area contributed by atoms with Crippen LogP contribution < -0.4 is 0 Å². The molecule has 4 N–H and O–H groups in total. The number of rotatable bonds is 4. The van der Waals surface area contributed by atoms with E-state index in [1.807, 2.05) is 4.90 Å². The lowest BCUT2D eigenvalue weighted by Gasteiger charge is -2.43. The average molecular weight is 276 g/mol. The van der Waals surface area contributed by atoms with E-state index in [-0.39, 0.29) is 13.2 Å². The van der Waals surface area contributed by atoms with Crippen molar-refractivity contribution in [1.82, 2.24) is 9.80 Å². The molecule has 0 amide bonds. The normalized spacial score (nSPS) is 38.5. The van der Waals surface area contributed by atoms with Gasteiger partial charge in [0.15, 0.2) is 0 Å². The first kappa shape index (κ1) is 15.1. The maximum atomic E-state index is 9.87. The minimum atomic E-state index is -1.18. The van der Waals surface area contributed by atoms with Gasteiger partial charge in [0.2, 0.25) is 0 Å². The molecule has 7 heteroatoms. The Kier molecular flexibility index (Phi) is 5.52. The summed E-state index contributed by atoms with van der Waals surface area (Å²) in [6.45, 7) is 4.71. The van der Waals surface area contributed by atoms with Crippen LogP contribution in [0.3, 0.4) is 0 Å². The van der Waals surface area contributed by atoms with Crippen LogP contribution in [0.15, 0.2) is 0 Å². The van der Waals surface area contributed by atoms with E-state index in [1.165, 1.54) is 0 Å². The van der Waals surface area contributed by atoms with E-state index in [0.29, 0.717) is 6.54 Å². The molecule has 0 bridgehead atoms. The molecule has 2 fully saturated rings. The van der Waals surface area contributed by atoms with Gasteiger partial charge in [-0.3, -0.25) is 9.80 Å². The van der Waals surface area contributed by atoms with Crippen molar-refractivity contribution in [3.63, 3.8) is 0 Å². The van der Waals surface area contributed by atoms with Crippen LogP contribution in [0.4, 0.5) is 0 Å². The smallest absolute Gasteiger partial charge is 0.109 e. The van der Waals surface area contributed by atoms with Crippen LogP contribution >= 0.6 is 0 Å². The summed E-state index contributed by atoms with van der Waals surface area (Å²) < 4.78 is 5.27. The Labute approximate surface area is 113 Å². The van der Waals surface area contributed by atoms with E-state index in [4.69, 9.17) is 4.74 Å². The minimum absolute atomic E-state index is 0.228. The molecule has 4 atom stereocenters. The molecule has 19 heavy (non-hydrogen) atoms. The van der Waals surface area contributed by atoms with Gasteiger partial charge < -0.3 is 25.2 Å². The standard InChI is InChI=1S/C12H24N2O5/c15-8-9-11(17)12(18)10(16)7-14(9)2-1-13-3-5-19-6-4-13/h9-12,15-18H,1-8H2. The summed E-state index contributed by atoms with van der Waals surface area (Å²) in [7, 11) is 0. The van der Waals surface area contributed by atoms with E-state index in [0.717, 1.165) is 32.8 Å².